The van der Waals surface area contributed by atoms with Gasteiger partial charge in [-0.25, -0.2) is 9.78 Å². The Hall–Kier alpha value is -2.34. The van der Waals surface area contributed by atoms with Crippen LogP contribution in [0.5, 0.6) is 0 Å². The maximum absolute atomic E-state index is 12.0. The molecule has 0 saturated carbocycles. The van der Waals surface area contributed by atoms with Crippen molar-refractivity contribution in [3.05, 3.63) is 53.1 Å². The topological polar surface area (TPSA) is 84.2 Å². The van der Waals surface area contributed by atoms with E-state index < -0.39 is 17.9 Å². The highest BCUT2D eigenvalue weighted by Gasteiger charge is 2.25. The molecule has 2 N–H and O–H groups in total. The zero-order valence-corrected chi connectivity index (χ0v) is 11.3. The summed E-state index contributed by atoms with van der Waals surface area (Å²) in [5.41, 5.74) is 0.469. The second-order valence-corrected chi connectivity index (χ2v) is 4.60. The lowest BCUT2D eigenvalue weighted by atomic mass is 10.1. The second-order valence-electron chi connectivity index (χ2n) is 4.19. The Morgan fingerprint density at radius 2 is 2.10 bits per heavy atom. The van der Waals surface area contributed by atoms with Crippen molar-refractivity contribution in [3.8, 4) is 0 Å². The number of hydrogen-bond acceptors (Lipinski definition) is 3. The highest BCUT2D eigenvalue weighted by Crippen LogP contribution is 2.23. The summed E-state index contributed by atoms with van der Waals surface area (Å²) in [6, 6.07) is 5.24. The monoisotopic (exact) mass is 293 g/mol. The number of amides is 1. The van der Waals surface area contributed by atoms with E-state index in [9.17, 15) is 14.7 Å². The van der Waals surface area contributed by atoms with E-state index in [0.29, 0.717) is 5.56 Å². The molecule has 1 atom stereocenters. The van der Waals surface area contributed by atoms with Crippen LogP contribution >= 0.6 is 11.6 Å². The standard InChI is InChI=1S/C13H12ClN3O3/c1-17-6-10(15-7-17)12(18)16-11(13(19)20)8-4-2-3-5-9(8)14/h2-7,11H,1H3,(H,16,18)(H,19,20)/t11-/m1/s1. The van der Waals surface area contributed by atoms with E-state index in [4.69, 9.17) is 11.6 Å². The van der Waals surface area contributed by atoms with Crippen LogP contribution in [0.2, 0.25) is 5.02 Å². The summed E-state index contributed by atoms with van der Waals surface area (Å²) in [6.45, 7) is 0. The zero-order chi connectivity index (χ0) is 14.7. The summed E-state index contributed by atoms with van der Waals surface area (Å²) in [7, 11) is 1.71. The number of rotatable bonds is 4. The van der Waals surface area contributed by atoms with Gasteiger partial charge < -0.3 is 15.0 Å². The average molecular weight is 294 g/mol. The highest BCUT2D eigenvalue weighted by atomic mass is 35.5. The minimum atomic E-state index is -1.22. The summed E-state index contributed by atoms with van der Waals surface area (Å²) in [4.78, 5) is 27.2. The molecule has 0 aliphatic carbocycles. The number of carbonyl (C=O) groups excluding carboxylic acids is 1. The first-order valence-electron chi connectivity index (χ1n) is 5.75. The van der Waals surface area contributed by atoms with Gasteiger partial charge in [-0.15, -0.1) is 0 Å². The Bertz CT molecular complexity index is 654. The molecule has 0 spiro atoms. The van der Waals surface area contributed by atoms with E-state index in [0.717, 1.165) is 0 Å². The second kappa shape index (κ2) is 5.75. The number of carboxylic acid groups (broad SMARTS) is 1. The number of nitrogens with one attached hydrogen (secondary N) is 1. The summed E-state index contributed by atoms with van der Waals surface area (Å²) >= 11 is 5.96. The number of halogens is 1. The summed E-state index contributed by atoms with van der Waals surface area (Å²) < 4.78 is 1.60. The summed E-state index contributed by atoms with van der Waals surface area (Å²) in [5.74, 6) is -1.76. The van der Waals surface area contributed by atoms with Crippen LogP contribution in [0.15, 0.2) is 36.8 Å². The Balaban J connectivity index is 2.25. The number of aromatic nitrogens is 2. The molecule has 0 fully saturated rings. The SMILES string of the molecule is Cn1cnc(C(=O)N[C@@H](C(=O)O)c2ccccc2Cl)c1. The van der Waals surface area contributed by atoms with E-state index in [1.165, 1.54) is 12.5 Å². The fraction of sp³-hybridized carbons (Fsp3) is 0.154. The van der Waals surface area contributed by atoms with E-state index in [1.54, 1.807) is 35.9 Å². The first kappa shape index (κ1) is 14.1. The molecule has 20 heavy (non-hydrogen) atoms. The fourth-order valence-electron chi connectivity index (χ4n) is 1.72. The third-order valence-corrected chi connectivity index (χ3v) is 3.02. The van der Waals surface area contributed by atoms with Gasteiger partial charge in [-0.2, -0.15) is 0 Å². The van der Waals surface area contributed by atoms with Gasteiger partial charge in [0.25, 0.3) is 5.91 Å². The number of aryl methyl sites for hydroxylation is 1. The molecule has 104 valence electrons. The molecule has 1 heterocycles. The van der Waals surface area contributed by atoms with Crippen molar-refractivity contribution in [1.82, 2.24) is 14.9 Å². The van der Waals surface area contributed by atoms with E-state index in [-0.39, 0.29) is 10.7 Å². The van der Waals surface area contributed by atoms with Gasteiger partial charge in [0.2, 0.25) is 0 Å². The van der Waals surface area contributed by atoms with E-state index in [1.807, 2.05) is 0 Å². The van der Waals surface area contributed by atoms with Gasteiger partial charge in [0.1, 0.15) is 5.69 Å². The van der Waals surface area contributed by atoms with Crippen molar-refractivity contribution in [2.24, 2.45) is 7.05 Å². The molecule has 0 saturated heterocycles. The molecule has 0 unspecified atom stereocenters. The first-order valence-corrected chi connectivity index (χ1v) is 6.13. The molecule has 0 aliphatic heterocycles. The Morgan fingerprint density at radius 3 is 2.65 bits per heavy atom. The zero-order valence-electron chi connectivity index (χ0n) is 10.6. The number of nitrogens with zero attached hydrogens (tertiary/aromatic N) is 2. The molecule has 1 amide bonds. The smallest absolute Gasteiger partial charge is 0.330 e. The Kier molecular flexibility index (Phi) is 4.05. The van der Waals surface area contributed by atoms with Crippen LogP contribution in [0.1, 0.15) is 22.1 Å². The van der Waals surface area contributed by atoms with Crippen molar-refractivity contribution in [2.75, 3.05) is 0 Å². The van der Waals surface area contributed by atoms with Crippen molar-refractivity contribution >= 4 is 23.5 Å². The number of carbonyl (C=O) groups is 2. The lowest BCUT2D eigenvalue weighted by Crippen LogP contribution is -2.34. The first-order chi connectivity index (χ1) is 9.49. The summed E-state index contributed by atoms with van der Waals surface area (Å²) in [5, 5.41) is 11.9. The predicted molar refractivity (Wildman–Crippen MR) is 72.5 cm³/mol. The normalized spacial score (nSPS) is 11.9. The number of imidazole rings is 1. The van der Waals surface area contributed by atoms with Crippen LogP contribution in [0.4, 0.5) is 0 Å². The minimum Gasteiger partial charge on any atom is -0.479 e. The largest absolute Gasteiger partial charge is 0.479 e. The van der Waals surface area contributed by atoms with Crippen molar-refractivity contribution in [3.63, 3.8) is 0 Å². The average Bonchev–Trinajstić information content (AvgIpc) is 2.83. The van der Waals surface area contributed by atoms with E-state index in [2.05, 4.69) is 10.3 Å². The Morgan fingerprint density at radius 1 is 1.40 bits per heavy atom. The third kappa shape index (κ3) is 2.97. The number of aliphatic carboxylic acids is 1. The summed E-state index contributed by atoms with van der Waals surface area (Å²) in [6.07, 6.45) is 2.96. The van der Waals surface area contributed by atoms with Gasteiger partial charge in [-0.05, 0) is 6.07 Å². The van der Waals surface area contributed by atoms with Crippen LogP contribution in [0.3, 0.4) is 0 Å². The maximum Gasteiger partial charge on any atom is 0.330 e. The van der Waals surface area contributed by atoms with Gasteiger partial charge in [-0.3, -0.25) is 4.79 Å². The molecular weight excluding hydrogens is 282 g/mol. The molecule has 1 aromatic carbocycles. The van der Waals surface area contributed by atoms with Crippen molar-refractivity contribution < 1.29 is 14.7 Å². The quantitative estimate of drug-likeness (QED) is 0.897. The number of hydrogen-bond donors (Lipinski definition) is 2. The van der Waals surface area contributed by atoms with Gasteiger partial charge in [0.15, 0.2) is 6.04 Å². The number of benzene rings is 1. The molecule has 0 bridgehead atoms. The molecule has 1 aromatic heterocycles. The van der Waals surface area contributed by atoms with Crippen LogP contribution in [0, 0.1) is 0 Å². The molecule has 2 rings (SSSR count). The predicted octanol–water partition coefficient (Wildman–Crippen LogP) is 1.63. The third-order valence-electron chi connectivity index (χ3n) is 2.68. The lowest BCUT2D eigenvalue weighted by molar-refractivity contribution is -0.139. The Labute approximate surface area is 120 Å². The lowest BCUT2D eigenvalue weighted by Gasteiger charge is -2.15. The van der Waals surface area contributed by atoms with Gasteiger partial charge in [-0.1, -0.05) is 29.8 Å². The molecule has 2 aromatic rings. The molecule has 6 nitrogen and oxygen atoms in total. The molecule has 0 radical (unpaired) electrons. The van der Waals surface area contributed by atoms with Gasteiger partial charge >= 0.3 is 5.97 Å². The van der Waals surface area contributed by atoms with Gasteiger partial charge in [0.05, 0.1) is 6.33 Å². The minimum absolute atomic E-state index is 0.144. The number of carboxylic acids is 1. The highest BCUT2D eigenvalue weighted by molar-refractivity contribution is 6.31. The van der Waals surface area contributed by atoms with Crippen LogP contribution in [-0.2, 0) is 11.8 Å². The molecule has 7 heteroatoms. The molecule has 0 aliphatic rings. The van der Waals surface area contributed by atoms with Crippen molar-refractivity contribution in [2.45, 2.75) is 6.04 Å². The van der Waals surface area contributed by atoms with Crippen LogP contribution < -0.4 is 5.32 Å². The molecular formula is C13H12ClN3O3. The van der Waals surface area contributed by atoms with Crippen LogP contribution in [0.25, 0.3) is 0 Å². The maximum atomic E-state index is 12.0. The van der Waals surface area contributed by atoms with E-state index >= 15 is 0 Å². The van der Waals surface area contributed by atoms with Crippen LogP contribution in [-0.4, -0.2) is 26.5 Å². The fourth-order valence-corrected chi connectivity index (χ4v) is 1.96. The van der Waals surface area contributed by atoms with Crippen molar-refractivity contribution in [1.29, 1.82) is 0 Å². The van der Waals surface area contributed by atoms with Gasteiger partial charge in [0, 0.05) is 23.8 Å².